The van der Waals surface area contributed by atoms with Crippen LogP contribution in [0.3, 0.4) is 0 Å². The van der Waals surface area contributed by atoms with Gasteiger partial charge < -0.3 is 4.74 Å². The molecule has 0 saturated carbocycles. The molecule has 2 aromatic rings. The van der Waals surface area contributed by atoms with Gasteiger partial charge in [0.15, 0.2) is 0 Å². The van der Waals surface area contributed by atoms with Gasteiger partial charge in [0.2, 0.25) is 5.88 Å². The first kappa shape index (κ1) is 15.5. The summed E-state index contributed by atoms with van der Waals surface area (Å²) >= 11 is 15.4. The molecule has 3 nitrogen and oxygen atoms in total. The second-order valence-corrected chi connectivity index (χ2v) is 6.85. The zero-order chi connectivity index (χ0) is 14.9. The van der Waals surface area contributed by atoms with E-state index in [-0.39, 0.29) is 5.41 Å². The Kier molecular flexibility index (Phi) is 4.57. The predicted octanol–water partition coefficient (Wildman–Crippen LogP) is 5.64. The largest absolute Gasteiger partial charge is 0.437 e. The molecule has 0 fully saturated rings. The Hall–Kier alpha value is -0.840. The molecule has 0 unspecified atom stereocenters. The minimum absolute atomic E-state index is 0.181. The highest BCUT2D eigenvalue weighted by Gasteiger charge is 2.19. The van der Waals surface area contributed by atoms with Crippen molar-refractivity contribution < 1.29 is 4.74 Å². The first-order chi connectivity index (χ1) is 9.27. The highest BCUT2D eigenvalue weighted by molar-refractivity contribution is 9.10. The smallest absolute Gasteiger partial charge is 0.223 e. The molecular weight excluding hydrogens is 363 g/mol. The van der Waals surface area contributed by atoms with Crippen LogP contribution in [0.2, 0.25) is 10.0 Å². The van der Waals surface area contributed by atoms with Crippen molar-refractivity contribution >= 4 is 39.1 Å². The standard InChI is InChI=1S/C14H13BrCl2N2O/c1-14(2,3)13-18-10(15)7-11(19-13)20-9-6-4-5-8(16)12(9)17/h4-7H,1-3H3. The lowest BCUT2D eigenvalue weighted by Crippen LogP contribution is -2.16. The normalized spacial score (nSPS) is 11.5. The highest BCUT2D eigenvalue weighted by Crippen LogP contribution is 2.35. The SMILES string of the molecule is CC(C)(C)c1nc(Br)cc(Oc2cccc(Cl)c2Cl)n1. The summed E-state index contributed by atoms with van der Waals surface area (Å²) in [7, 11) is 0. The first-order valence-electron chi connectivity index (χ1n) is 5.94. The maximum atomic E-state index is 6.10. The minimum Gasteiger partial charge on any atom is -0.437 e. The summed E-state index contributed by atoms with van der Waals surface area (Å²) in [4.78, 5) is 8.76. The average Bonchev–Trinajstić information content (AvgIpc) is 2.33. The third-order valence-electron chi connectivity index (χ3n) is 2.47. The second kappa shape index (κ2) is 5.88. The minimum atomic E-state index is -0.181. The van der Waals surface area contributed by atoms with E-state index in [0.717, 1.165) is 0 Å². The summed E-state index contributed by atoms with van der Waals surface area (Å²) in [6.07, 6.45) is 0. The Bertz CT molecular complexity index is 642. The van der Waals surface area contributed by atoms with E-state index in [1.165, 1.54) is 0 Å². The van der Waals surface area contributed by atoms with Crippen LogP contribution in [0.1, 0.15) is 26.6 Å². The molecule has 0 N–H and O–H groups in total. The lowest BCUT2D eigenvalue weighted by molar-refractivity contribution is 0.445. The van der Waals surface area contributed by atoms with Crippen molar-refractivity contribution in [2.45, 2.75) is 26.2 Å². The van der Waals surface area contributed by atoms with Gasteiger partial charge in [-0.1, -0.05) is 50.0 Å². The van der Waals surface area contributed by atoms with Gasteiger partial charge in [-0.15, -0.1) is 0 Å². The second-order valence-electron chi connectivity index (χ2n) is 5.26. The van der Waals surface area contributed by atoms with Crippen molar-refractivity contribution in [3.05, 3.63) is 44.7 Å². The Labute approximate surface area is 136 Å². The van der Waals surface area contributed by atoms with Crippen molar-refractivity contribution in [1.29, 1.82) is 0 Å². The number of nitrogens with zero attached hydrogens (tertiary/aromatic N) is 2. The number of benzene rings is 1. The number of hydrogen-bond acceptors (Lipinski definition) is 3. The first-order valence-corrected chi connectivity index (χ1v) is 7.49. The van der Waals surface area contributed by atoms with E-state index in [2.05, 4.69) is 25.9 Å². The van der Waals surface area contributed by atoms with E-state index >= 15 is 0 Å². The van der Waals surface area contributed by atoms with Gasteiger partial charge in [-0.25, -0.2) is 4.98 Å². The molecule has 0 aliphatic carbocycles. The summed E-state index contributed by atoms with van der Waals surface area (Å²) in [6, 6.07) is 6.89. The molecule has 20 heavy (non-hydrogen) atoms. The lowest BCUT2D eigenvalue weighted by Gasteiger charge is -2.17. The van der Waals surface area contributed by atoms with Crippen LogP contribution in [-0.2, 0) is 5.41 Å². The Balaban J connectivity index is 2.39. The molecule has 0 bridgehead atoms. The van der Waals surface area contributed by atoms with Gasteiger partial charge in [0, 0.05) is 11.5 Å². The van der Waals surface area contributed by atoms with Crippen molar-refractivity contribution in [2.75, 3.05) is 0 Å². The van der Waals surface area contributed by atoms with E-state index in [1.807, 2.05) is 20.8 Å². The molecule has 0 spiro atoms. The predicted molar refractivity (Wildman–Crippen MR) is 85.0 cm³/mol. The zero-order valence-electron chi connectivity index (χ0n) is 11.2. The number of ether oxygens (including phenoxy) is 1. The number of aromatic nitrogens is 2. The van der Waals surface area contributed by atoms with Gasteiger partial charge >= 0.3 is 0 Å². The van der Waals surface area contributed by atoms with E-state index in [4.69, 9.17) is 27.9 Å². The van der Waals surface area contributed by atoms with Crippen LogP contribution in [0.15, 0.2) is 28.9 Å². The molecule has 0 aliphatic heterocycles. The maximum Gasteiger partial charge on any atom is 0.223 e. The molecule has 6 heteroatoms. The Morgan fingerprint density at radius 1 is 1.15 bits per heavy atom. The fraction of sp³-hybridized carbons (Fsp3) is 0.286. The van der Waals surface area contributed by atoms with Gasteiger partial charge in [0.05, 0.1) is 5.02 Å². The van der Waals surface area contributed by atoms with Crippen LogP contribution < -0.4 is 4.74 Å². The van der Waals surface area contributed by atoms with E-state index in [0.29, 0.717) is 32.1 Å². The van der Waals surface area contributed by atoms with Crippen LogP contribution in [0, 0.1) is 0 Å². The Morgan fingerprint density at radius 3 is 2.50 bits per heavy atom. The maximum absolute atomic E-state index is 6.10. The Morgan fingerprint density at radius 2 is 1.85 bits per heavy atom. The summed E-state index contributed by atoms with van der Waals surface area (Å²) < 4.78 is 6.37. The molecule has 2 rings (SSSR count). The summed E-state index contributed by atoms with van der Waals surface area (Å²) in [5, 5.41) is 0.801. The van der Waals surface area contributed by atoms with Crippen LogP contribution in [0.5, 0.6) is 11.6 Å². The molecule has 1 aromatic heterocycles. The third kappa shape index (κ3) is 3.62. The van der Waals surface area contributed by atoms with Gasteiger partial charge in [0.25, 0.3) is 0 Å². The zero-order valence-corrected chi connectivity index (χ0v) is 14.3. The van der Waals surface area contributed by atoms with Crippen molar-refractivity contribution in [3.63, 3.8) is 0 Å². The number of rotatable bonds is 2. The van der Waals surface area contributed by atoms with Crippen LogP contribution in [0.4, 0.5) is 0 Å². The van der Waals surface area contributed by atoms with Crippen molar-refractivity contribution in [3.8, 4) is 11.6 Å². The van der Waals surface area contributed by atoms with Crippen LogP contribution in [0.25, 0.3) is 0 Å². The fourth-order valence-corrected chi connectivity index (χ4v) is 2.15. The van der Waals surface area contributed by atoms with Crippen LogP contribution >= 0.6 is 39.1 Å². The molecule has 0 radical (unpaired) electrons. The summed E-state index contributed by atoms with van der Waals surface area (Å²) in [5.41, 5.74) is -0.181. The molecule has 1 aromatic carbocycles. The average molecular weight is 376 g/mol. The number of hydrogen-bond donors (Lipinski definition) is 0. The summed E-state index contributed by atoms with van der Waals surface area (Å²) in [5.74, 6) is 1.56. The molecular formula is C14H13BrCl2N2O. The quantitative estimate of drug-likeness (QED) is 0.637. The van der Waals surface area contributed by atoms with E-state index < -0.39 is 0 Å². The van der Waals surface area contributed by atoms with Gasteiger partial charge in [-0.3, -0.25) is 0 Å². The summed E-state index contributed by atoms with van der Waals surface area (Å²) in [6.45, 7) is 6.10. The lowest BCUT2D eigenvalue weighted by atomic mass is 9.96. The van der Waals surface area contributed by atoms with Crippen molar-refractivity contribution in [2.24, 2.45) is 0 Å². The van der Waals surface area contributed by atoms with Gasteiger partial charge in [-0.2, -0.15) is 4.98 Å². The monoisotopic (exact) mass is 374 g/mol. The molecule has 106 valence electrons. The van der Waals surface area contributed by atoms with Crippen LogP contribution in [-0.4, -0.2) is 9.97 Å². The van der Waals surface area contributed by atoms with Crippen molar-refractivity contribution in [1.82, 2.24) is 9.97 Å². The molecule has 0 atom stereocenters. The molecule has 1 heterocycles. The van der Waals surface area contributed by atoms with E-state index in [9.17, 15) is 0 Å². The topological polar surface area (TPSA) is 35.0 Å². The number of halogens is 3. The van der Waals surface area contributed by atoms with Gasteiger partial charge in [0.1, 0.15) is 21.2 Å². The molecule has 0 saturated heterocycles. The fourth-order valence-electron chi connectivity index (χ4n) is 1.46. The molecule has 0 aliphatic rings. The van der Waals surface area contributed by atoms with Gasteiger partial charge in [-0.05, 0) is 28.1 Å². The third-order valence-corrected chi connectivity index (χ3v) is 3.68. The van der Waals surface area contributed by atoms with E-state index in [1.54, 1.807) is 24.3 Å². The molecule has 0 amide bonds. The highest BCUT2D eigenvalue weighted by atomic mass is 79.9.